The molecule has 0 atom stereocenters. The van der Waals surface area contributed by atoms with E-state index in [0.717, 1.165) is 42.9 Å². The Bertz CT molecular complexity index is 1380. The first-order valence-corrected chi connectivity index (χ1v) is 11.2. The summed E-state index contributed by atoms with van der Waals surface area (Å²) in [5.41, 5.74) is 8.87. The fourth-order valence-electron chi connectivity index (χ4n) is 4.41. The molecular formula is C24H27N7O2. The molecule has 0 radical (unpaired) electrons. The Morgan fingerprint density at radius 3 is 2.30 bits per heavy atom. The van der Waals surface area contributed by atoms with Crippen molar-refractivity contribution in [1.29, 1.82) is 0 Å². The molecule has 2 aromatic heterocycles. The number of aromatic amines is 1. The monoisotopic (exact) mass is 445 g/mol. The predicted molar refractivity (Wildman–Crippen MR) is 129 cm³/mol. The zero-order chi connectivity index (χ0) is 22.8. The van der Waals surface area contributed by atoms with Crippen LogP contribution >= 0.6 is 0 Å². The van der Waals surface area contributed by atoms with Crippen LogP contribution in [0.5, 0.6) is 0 Å². The second kappa shape index (κ2) is 9.05. The van der Waals surface area contributed by atoms with Gasteiger partial charge in [0.25, 0.3) is 5.56 Å². The molecule has 1 fully saturated rings. The van der Waals surface area contributed by atoms with Gasteiger partial charge >= 0.3 is 5.69 Å². The number of H-pyrrole nitrogens is 1. The third-order valence-corrected chi connectivity index (χ3v) is 6.12. The van der Waals surface area contributed by atoms with Gasteiger partial charge in [0.2, 0.25) is 5.95 Å². The van der Waals surface area contributed by atoms with Gasteiger partial charge in [0, 0.05) is 32.7 Å². The van der Waals surface area contributed by atoms with Crippen LogP contribution in [0.3, 0.4) is 0 Å². The van der Waals surface area contributed by atoms with E-state index in [1.54, 1.807) is 4.57 Å². The number of rotatable bonds is 6. The van der Waals surface area contributed by atoms with E-state index in [1.165, 1.54) is 0 Å². The van der Waals surface area contributed by atoms with Crippen molar-refractivity contribution in [1.82, 2.24) is 24.4 Å². The summed E-state index contributed by atoms with van der Waals surface area (Å²) in [6, 6.07) is 17.6. The predicted octanol–water partition coefficient (Wildman–Crippen LogP) is 0.851. The SMILES string of the molecule is NCc1ccccc1Cn1c(N2CCNCC2)nc2c1c(=O)[nH]c(=O)n2Cc1ccccc1. The highest BCUT2D eigenvalue weighted by Crippen LogP contribution is 2.23. The van der Waals surface area contributed by atoms with Crippen molar-refractivity contribution >= 4 is 17.1 Å². The van der Waals surface area contributed by atoms with E-state index in [-0.39, 0.29) is 0 Å². The van der Waals surface area contributed by atoms with Crippen molar-refractivity contribution in [3.05, 3.63) is 92.1 Å². The summed E-state index contributed by atoms with van der Waals surface area (Å²) in [6.07, 6.45) is 0. The summed E-state index contributed by atoms with van der Waals surface area (Å²) in [5.74, 6) is 0.691. The molecule has 9 heteroatoms. The van der Waals surface area contributed by atoms with Crippen molar-refractivity contribution in [3.63, 3.8) is 0 Å². The molecule has 33 heavy (non-hydrogen) atoms. The Morgan fingerprint density at radius 1 is 0.879 bits per heavy atom. The fraction of sp³-hybridized carbons (Fsp3) is 0.292. The summed E-state index contributed by atoms with van der Waals surface area (Å²) in [6.45, 7) is 4.36. The number of piperazine rings is 1. The molecule has 3 heterocycles. The number of benzene rings is 2. The number of nitrogens with one attached hydrogen (secondary N) is 2. The standard InChI is InChI=1S/C24H27N7O2/c25-14-18-8-4-5-9-19(18)16-30-20-21(27-23(30)29-12-10-26-11-13-29)31(24(33)28-22(20)32)15-17-6-2-1-3-7-17/h1-9,26H,10-16,25H2,(H,28,32,33). The highest BCUT2D eigenvalue weighted by atomic mass is 16.2. The Hall–Kier alpha value is -3.69. The second-order valence-electron chi connectivity index (χ2n) is 8.21. The van der Waals surface area contributed by atoms with E-state index >= 15 is 0 Å². The number of imidazole rings is 1. The third kappa shape index (κ3) is 4.08. The van der Waals surface area contributed by atoms with Crippen molar-refractivity contribution in [2.45, 2.75) is 19.6 Å². The van der Waals surface area contributed by atoms with Gasteiger partial charge in [-0.1, -0.05) is 54.6 Å². The van der Waals surface area contributed by atoms with Crippen LogP contribution in [0, 0.1) is 0 Å². The molecule has 1 aliphatic rings. The van der Waals surface area contributed by atoms with Crippen molar-refractivity contribution in [2.75, 3.05) is 31.1 Å². The molecule has 0 spiro atoms. The molecule has 0 bridgehead atoms. The summed E-state index contributed by atoms with van der Waals surface area (Å²) in [5, 5.41) is 3.35. The fourth-order valence-corrected chi connectivity index (χ4v) is 4.41. The summed E-state index contributed by atoms with van der Waals surface area (Å²) in [7, 11) is 0. The Kier molecular flexibility index (Phi) is 5.80. The lowest BCUT2D eigenvalue weighted by Crippen LogP contribution is -2.44. The van der Waals surface area contributed by atoms with Gasteiger partial charge in [-0.05, 0) is 16.7 Å². The van der Waals surface area contributed by atoms with Crippen LogP contribution in [0.2, 0.25) is 0 Å². The average molecular weight is 446 g/mol. The molecule has 0 aliphatic carbocycles. The number of aromatic nitrogens is 4. The van der Waals surface area contributed by atoms with Crippen LogP contribution in [0.25, 0.3) is 11.2 Å². The van der Waals surface area contributed by atoms with E-state index in [0.29, 0.717) is 36.7 Å². The number of nitrogens with zero attached hydrogens (tertiary/aromatic N) is 4. The number of hydrogen-bond acceptors (Lipinski definition) is 6. The molecule has 0 unspecified atom stereocenters. The van der Waals surface area contributed by atoms with Gasteiger partial charge in [-0.15, -0.1) is 0 Å². The lowest BCUT2D eigenvalue weighted by molar-refractivity contribution is 0.571. The maximum Gasteiger partial charge on any atom is 0.330 e. The van der Waals surface area contributed by atoms with E-state index in [4.69, 9.17) is 10.7 Å². The van der Waals surface area contributed by atoms with Crippen LogP contribution in [-0.2, 0) is 19.6 Å². The molecule has 0 saturated carbocycles. The van der Waals surface area contributed by atoms with Gasteiger partial charge in [-0.25, -0.2) is 4.79 Å². The topological polar surface area (TPSA) is 114 Å². The highest BCUT2D eigenvalue weighted by molar-refractivity contribution is 5.75. The number of anilines is 1. The molecule has 1 saturated heterocycles. The van der Waals surface area contributed by atoms with Crippen LogP contribution in [0.4, 0.5) is 5.95 Å². The quantitative estimate of drug-likeness (QED) is 0.406. The van der Waals surface area contributed by atoms with Crippen LogP contribution in [0.1, 0.15) is 16.7 Å². The van der Waals surface area contributed by atoms with Crippen LogP contribution in [0.15, 0.2) is 64.2 Å². The molecule has 4 N–H and O–H groups in total. The summed E-state index contributed by atoms with van der Waals surface area (Å²) >= 11 is 0. The van der Waals surface area contributed by atoms with Crippen molar-refractivity contribution in [3.8, 4) is 0 Å². The van der Waals surface area contributed by atoms with E-state index < -0.39 is 11.2 Å². The molecule has 4 aromatic rings. The number of nitrogens with two attached hydrogens (primary N) is 1. The van der Waals surface area contributed by atoms with Crippen molar-refractivity contribution in [2.24, 2.45) is 5.73 Å². The molecular weight excluding hydrogens is 418 g/mol. The van der Waals surface area contributed by atoms with Crippen LogP contribution in [-0.4, -0.2) is 45.3 Å². The molecule has 1 aliphatic heterocycles. The number of hydrogen-bond donors (Lipinski definition) is 3. The Labute approximate surface area is 190 Å². The molecule has 0 amide bonds. The van der Waals surface area contributed by atoms with E-state index in [9.17, 15) is 9.59 Å². The average Bonchev–Trinajstić information content (AvgIpc) is 3.23. The maximum atomic E-state index is 13.1. The van der Waals surface area contributed by atoms with Gasteiger partial charge < -0.3 is 16.0 Å². The minimum Gasteiger partial charge on any atom is -0.340 e. The number of fused-ring (bicyclic) bond motifs is 1. The Morgan fingerprint density at radius 2 is 1.58 bits per heavy atom. The van der Waals surface area contributed by atoms with Gasteiger partial charge in [0.1, 0.15) is 0 Å². The Balaban J connectivity index is 1.72. The minimum atomic E-state index is -0.463. The second-order valence-corrected chi connectivity index (χ2v) is 8.21. The maximum absolute atomic E-state index is 13.1. The van der Waals surface area contributed by atoms with Gasteiger partial charge in [-0.3, -0.25) is 18.9 Å². The normalized spacial score (nSPS) is 14.2. The summed E-state index contributed by atoms with van der Waals surface area (Å²) < 4.78 is 3.47. The van der Waals surface area contributed by atoms with E-state index in [2.05, 4.69) is 15.2 Å². The highest BCUT2D eigenvalue weighted by Gasteiger charge is 2.24. The smallest absolute Gasteiger partial charge is 0.330 e. The zero-order valence-electron chi connectivity index (χ0n) is 18.3. The third-order valence-electron chi connectivity index (χ3n) is 6.12. The van der Waals surface area contributed by atoms with Gasteiger partial charge in [0.05, 0.1) is 13.1 Å². The van der Waals surface area contributed by atoms with Crippen LogP contribution < -0.4 is 27.2 Å². The van der Waals surface area contributed by atoms with Crippen molar-refractivity contribution < 1.29 is 0 Å². The molecule has 9 nitrogen and oxygen atoms in total. The molecule has 170 valence electrons. The lowest BCUT2D eigenvalue weighted by Gasteiger charge is -2.29. The molecule has 5 rings (SSSR count). The largest absolute Gasteiger partial charge is 0.340 e. The zero-order valence-corrected chi connectivity index (χ0v) is 18.3. The van der Waals surface area contributed by atoms with Gasteiger partial charge in [-0.2, -0.15) is 4.98 Å². The lowest BCUT2D eigenvalue weighted by atomic mass is 10.1. The van der Waals surface area contributed by atoms with Gasteiger partial charge in [0.15, 0.2) is 11.2 Å². The molecule has 2 aromatic carbocycles. The first kappa shape index (κ1) is 21.2. The van der Waals surface area contributed by atoms with E-state index in [1.807, 2.05) is 59.2 Å². The first-order valence-electron chi connectivity index (χ1n) is 11.2. The first-order chi connectivity index (χ1) is 16.2. The summed E-state index contributed by atoms with van der Waals surface area (Å²) in [4.78, 5) is 35.5. The minimum absolute atomic E-state index is 0.324.